The van der Waals surface area contributed by atoms with Gasteiger partial charge in [-0.15, -0.1) is 0 Å². The van der Waals surface area contributed by atoms with Crippen molar-refractivity contribution in [2.75, 3.05) is 47.3 Å². The molecule has 1 N–H and O–H groups in total. The summed E-state index contributed by atoms with van der Waals surface area (Å²) in [7, 11) is 5.52. The maximum atomic E-state index is 11.8. The van der Waals surface area contributed by atoms with Crippen LogP contribution < -0.4 is 0 Å². The minimum Gasteiger partial charge on any atom is -0.480 e. The second-order valence-electron chi connectivity index (χ2n) is 3.92. The normalized spacial score (nSPS) is 10.3. The summed E-state index contributed by atoms with van der Waals surface area (Å²) in [6.45, 7) is 3.26. The van der Waals surface area contributed by atoms with Gasteiger partial charge in [0.05, 0.1) is 0 Å². The molecule has 0 heterocycles. The van der Waals surface area contributed by atoms with Gasteiger partial charge < -0.3 is 19.8 Å². The Labute approximate surface area is 96.4 Å². The van der Waals surface area contributed by atoms with E-state index in [1.165, 1.54) is 9.80 Å². The van der Waals surface area contributed by atoms with Crippen molar-refractivity contribution in [3.8, 4) is 0 Å². The van der Waals surface area contributed by atoms with Crippen LogP contribution in [0.4, 0.5) is 4.79 Å². The Morgan fingerprint density at radius 3 is 2.06 bits per heavy atom. The molecule has 94 valence electrons. The molecule has 0 fully saturated rings. The maximum Gasteiger partial charge on any atom is 0.323 e. The number of nitrogens with zero attached hydrogens (tertiary/aromatic N) is 3. The number of carbonyl (C=O) groups excluding carboxylic acids is 1. The van der Waals surface area contributed by atoms with E-state index >= 15 is 0 Å². The molecule has 0 aliphatic carbocycles. The lowest BCUT2D eigenvalue weighted by atomic mass is 10.4. The van der Waals surface area contributed by atoms with Crippen molar-refractivity contribution in [3.63, 3.8) is 0 Å². The van der Waals surface area contributed by atoms with E-state index in [0.717, 1.165) is 6.54 Å². The largest absolute Gasteiger partial charge is 0.480 e. The first kappa shape index (κ1) is 14.7. The number of hydrogen-bond acceptors (Lipinski definition) is 3. The van der Waals surface area contributed by atoms with Crippen LogP contribution in [0.1, 0.15) is 6.92 Å². The summed E-state index contributed by atoms with van der Waals surface area (Å²) in [5.41, 5.74) is 0. The van der Waals surface area contributed by atoms with Crippen LogP contribution in [0.25, 0.3) is 0 Å². The Morgan fingerprint density at radius 2 is 1.69 bits per heavy atom. The molecule has 6 nitrogen and oxygen atoms in total. The maximum absolute atomic E-state index is 11.8. The van der Waals surface area contributed by atoms with E-state index in [0.29, 0.717) is 13.1 Å². The third-order valence-electron chi connectivity index (χ3n) is 2.19. The Bertz CT molecular complexity index is 243. The quantitative estimate of drug-likeness (QED) is 0.699. The number of aliphatic carboxylic acids is 1. The van der Waals surface area contributed by atoms with Crippen LogP contribution in [-0.4, -0.2) is 79.1 Å². The van der Waals surface area contributed by atoms with Gasteiger partial charge in [-0.2, -0.15) is 0 Å². The van der Waals surface area contributed by atoms with E-state index < -0.39 is 5.97 Å². The van der Waals surface area contributed by atoms with E-state index in [1.54, 1.807) is 14.0 Å². The zero-order valence-electron chi connectivity index (χ0n) is 10.4. The smallest absolute Gasteiger partial charge is 0.323 e. The number of carbonyl (C=O) groups is 2. The van der Waals surface area contributed by atoms with Crippen LogP contribution in [0, 0.1) is 0 Å². The highest BCUT2D eigenvalue weighted by atomic mass is 16.4. The van der Waals surface area contributed by atoms with Gasteiger partial charge in [-0.3, -0.25) is 4.79 Å². The van der Waals surface area contributed by atoms with Gasteiger partial charge in [-0.05, 0) is 21.0 Å². The van der Waals surface area contributed by atoms with Crippen molar-refractivity contribution in [2.45, 2.75) is 6.92 Å². The first-order chi connectivity index (χ1) is 7.38. The van der Waals surface area contributed by atoms with Crippen LogP contribution in [0.2, 0.25) is 0 Å². The molecule has 0 bridgehead atoms. The Kier molecular flexibility index (Phi) is 6.48. The molecule has 0 aromatic rings. The average Bonchev–Trinajstić information content (AvgIpc) is 2.21. The van der Waals surface area contributed by atoms with Crippen LogP contribution in [0.5, 0.6) is 0 Å². The summed E-state index contributed by atoms with van der Waals surface area (Å²) in [6, 6.07) is -0.244. The lowest BCUT2D eigenvalue weighted by Gasteiger charge is -2.26. The summed E-state index contributed by atoms with van der Waals surface area (Å²) in [6.07, 6.45) is 0. The molecule has 0 aliphatic heterocycles. The highest BCUT2D eigenvalue weighted by Gasteiger charge is 2.18. The summed E-state index contributed by atoms with van der Waals surface area (Å²) in [4.78, 5) is 27.1. The van der Waals surface area contributed by atoms with Crippen molar-refractivity contribution in [2.24, 2.45) is 0 Å². The van der Waals surface area contributed by atoms with E-state index in [-0.39, 0.29) is 12.6 Å². The fraction of sp³-hybridized carbons (Fsp3) is 0.800. The van der Waals surface area contributed by atoms with Crippen molar-refractivity contribution in [1.29, 1.82) is 0 Å². The molecule has 0 spiro atoms. The van der Waals surface area contributed by atoms with Gasteiger partial charge in [0.15, 0.2) is 0 Å². The van der Waals surface area contributed by atoms with Crippen molar-refractivity contribution >= 4 is 12.0 Å². The highest BCUT2D eigenvalue weighted by molar-refractivity contribution is 5.79. The molecule has 0 atom stereocenters. The van der Waals surface area contributed by atoms with Gasteiger partial charge in [0, 0.05) is 26.7 Å². The number of rotatable bonds is 6. The topological polar surface area (TPSA) is 64.1 Å². The molecule has 0 radical (unpaired) electrons. The molecule has 0 aliphatic rings. The van der Waals surface area contributed by atoms with Gasteiger partial charge in [0.1, 0.15) is 6.54 Å². The Hall–Kier alpha value is -1.30. The number of carboxylic acid groups (broad SMARTS) is 1. The van der Waals surface area contributed by atoms with E-state index in [2.05, 4.69) is 0 Å². The number of amides is 2. The van der Waals surface area contributed by atoms with Gasteiger partial charge in [0.25, 0.3) is 0 Å². The third kappa shape index (κ3) is 5.55. The molecule has 0 aromatic heterocycles. The molecular weight excluding hydrogens is 210 g/mol. The fourth-order valence-corrected chi connectivity index (χ4v) is 1.17. The van der Waals surface area contributed by atoms with Gasteiger partial charge >= 0.3 is 12.0 Å². The predicted molar refractivity (Wildman–Crippen MR) is 61.5 cm³/mol. The summed E-state index contributed by atoms with van der Waals surface area (Å²) in [5, 5.41) is 8.64. The number of likely N-dealkylation sites (N-methyl/N-ethyl adjacent to an activating group) is 3. The van der Waals surface area contributed by atoms with E-state index in [4.69, 9.17) is 5.11 Å². The predicted octanol–water partition coefficient (Wildman–Crippen LogP) is 0.00630. The van der Waals surface area contributed by atoms with E-state index in [1.807, 2.05) is 19.0 Å². The zero-order valence-corrected chi connectivity index (χ0v) is 10.4. The van der Waals surface area contributed by atoms with Crippen molar-refractivity contribution in [1.82, 2.24) is 14.7 Å². The third-order valence-corrected chi connectivity index (χ3v) is 2.19. The van der Waals surface area contributed by atoms with Crippen LogP contribution >= 0.6 is 0 Å². The molecule has 2 amide bonds. The lowest BCUT2D eigenvalue weighted by Crippen LogP contribution is -2.45. The molecule has 0 unspecified atom stereocenters. The van der Waals surface area contributed by atoms with Crippen LogP contribution in [0.15, 0.2) is 0 Å². The van der Waals surface area contributed by atoms with Crippen LogP contribution in [0.3, 0.4) is 0 Å². The van der Waals surface area contributed by atoms with Gasteiger partial charge in [0.2, 0.25) is 0 Å². The molecule has 0 rings (SSSR count). The number of hydrogen-bond donors (Lipinski definition) is 1. The van der Waals surface area contributed by atoms with Gasteiger partial charge in [-0.1, -0.05) is 0 Å². The molecular formula is C10H21N3O3. The van der Waals surface area contributed by atoms with Gasteiger partial charge in [-0.25, -0.2) is 4.79 Å². The van der Waals surface area contributed by atoms with E-state index in [9.17, 15) is 9.59 Å². The minimum atomic E-state index is -0.990. The summed E-state index contributed by atoms with van der Waals surface area (Å²) < 4.78 is 0. The number of carboxylic acids is 1. The Balaban J connectivity index is 4.21. The van der Waals surface area contributed by atoms with Crippen molar-refractivity contribution in [3.05, 3.63) is 0 Å². The molecule has 6 heteroatoms. The molecule has 16 heavy (non-hydrogen) atoms. The lowest BCUT2D eigenvalue weighted by molar-refractivity contribution is -0.137. The second-order valence-corrected chi connectivity index (χ2v) is 3.92. The zero-order chi connectivity index (χ0) is 12.7. The summed E-state index contributed by atoms with van der Waals surface area (Å²) >= 11 is 0. The average molecular weight is 231 g/mol. The number of urea groups is 1. The molecule has 0 saturated heterocycles. The summed E-state index contributed by atoms with van der Waals surface area (Å²) in [5.74, 6) is -0.990. The molecule has 0 saturated carbocycles. The van der Waals surface area contributed by atoms with Crippen molar-refractivity contribution < 1.29 is 14.7 Å². The second kappa shape index (κ2) is 7.05. The Morgan fingerprint density at radius 1 is 1.12 bits per heavy atom. The highest BCUT2D eigenvalue weighted by Crippen LogP contribution is 1.97. The molecule has 0 aromatic carbocycles. The standard InChI is InChI=1S/C10H21N3O3/c1-5-13(8-9(14)15)10(16)12(4)7-6-11(2)3/h5-8H2,1-4H3,(H,14,15). The fourth-order valence-electron chi connectivity index (χ4n) is 1.17. The first-order valence-electron chi connectivity index (χ1n) is 5.25. The monoisotopic (exact) mass is 231 g/mol. The van der Waals surface area contributed by atoms with Crippen LogP contribution in [-0.2, 0) is 4.79 Å². The first-order valence-corrected chi connectivity index (χ1v) is 5.25. The SMILES string of the molecule is CCN(CC(=O)O)C(=O)N(C)CCN(C)C. The minimum absolute atomic E-state index is 0.244.